The molecule has 0 radical (unpaired) electrons. The fourth-order valence-electron chi connectivity index (χ4n) is 4.83. The monoisotopic (exact) mass is 452 g/mol. The summed E-state index contributed by atoms with van der Waals surface area (Å²) < 4.78 is 13.8. The van der Waals surface area contributed by atoms with Gasteiger partial charge in [0.25, 0.3) is 0 Å². The SMILES string of the molecule is Cc1ccc(NC(=O)C(=O)NC[C@@H](c2ccc3c(c2)CCCN3C)N2CCCCC2)cc1F. The molecule has 2 aromatic rings. The van der Waals surface area contributed by atoms with Gasteiger partial charge in [0, 0.05) is 31.5 Å². The Labute approximate surface area is 195 Å². The van der Waals surface area contributed by atoms with Crippen molar-refractivity contribution in [2.45, 2.75) is 45.1 Å². The van der Waals surface area contributed by atoms with Gasteiger partial charge in [-0.2, -0.15) is 0 Å². The molecule has 1 atom stereocenters. The third kappa shape index (κ3) is 5.53. The predicted octanol–water partition coefficient (Wildman–Crippen LogP) is 3.80. The summed E-state index contributed by atoms with van der Waals surface area (Å²) in [6.07, 6.45) is 5.69. The lowest BCUT2D eigenvalue weighted by Crippen LogP contribution is -2.43. The fraction of sp³-hybridized carbons (Fsp3) is 0.462. The van der Waals surface area contributed by atoms with E-state index in [0.717, 1.165) is 45.3 Å². The Morgan fingerprint density at radius 1 is 1.00 bits per heavy atom. The number of nitrogens with zero attached hydrogens (tertiary/aromatic N) is 2. The summed E-state index contributed by atoms with van der Waals surface area (Å²) in [5.41, 5.74) is 4.54. The van der Waals surface area contributed by atoms with Crippen molar-refractivity contribution in [1.29, 1.82) is 0 Å². The molecule has 2 aliphatic rings. The first-order valence-corrected chi connectivity index (χ1v) is 11.9. The number of anilines is 2. The van der Waals surface area contributed by atoms with E-state index in [-0.39, 0.29) is 11.7 Å². The highest BCUT2D eigenvalue weighted by atomic mass is 19.1. The second-order valence-electron chi connectivity index (χ2n) is 9.15. The van der Waals surface area contributed by atoms with E-state index in [1.54, 1.807) is 19.1 Å². The van der Waals surface area contributed by atoms with E-state index in [2.05, 4.69) is 45.7 Å². The minimum absolute atomic E-state index is 0.0106. The summed E-state index contributed by atoms with van der Waals surface area (Å²) in [5, 5.41) is 5.31. The summed E-state index contributed by atoms with van der Waals surface area (Å²) in [7, 11) is 2.12. The molecule has 0 saturated carbocycles. The molecule has 4 rings (SSSR count). The van der Waals surface area contributed by atoms with Gasteiger partial charge in [-0.05, 0) is 80.6 Å². The van der Waals surface area contributed by atoms with Crippen molar-refractivity contribution in [3.05, 3.63) is 58.9 Å². The molecule has 0 aliphatic carbocycles. The van der Waals surface area contributed by atoms with Gasteiger partial charge in [0.15, 0.2) is 0 Å². The molecule has 0 spiro atoms. The van der Waals surface area contributed by atoms with Gasteiger partial charge in [0.05, 0.1) is 6.04 Å². The molecule has 1 fully saturated rings. The number of aryl methyl sites for hydroxylation is 2. The summed E-state index contributed by atoms with van der Waals surface area (Å²) >= 11 is 0. The zero-order valence-corrected chi connectivity index (χ0v) is 19.5. The van der Waals surface area contributed by atoms with Crippen LogP contribution in [-0.4, -0.2) is 49.9 Å². The minimum Gasteiger partial charge on any atom is -0.374 e. The van der Waals surface area contributed by atoms with Crippen LogP contribution in [0.5, 0.6) is 0 Å². The van der Waals surface area contributed by atoms with Crippen molar-refractivity contribution in [2.75, 3.05) is 43.4 Å². The summed E-state index contributed by atoms with van der Waals surface area (Å²) in [4.78, 5) is 29.6. The topological polar surface area (TPSA) is 64.7 Å². The molecule has 1 saturated heterocycles. The highest BCUT2D eigenvalue weighted by Crippen LogP contribution is 2.31. The van der Waals surface area contributed by atoms with E-state index < -0.39 is 17.6 Å². The van der Waals surface area contributed by atoms with Gasteiger partial charge in [-0.15, -0.1) is 0 Å². The van der Waals surface area contributed by atoms with Crippen LogP contribution >= 0.6 is 0 Å². The second-order valence-corrected chi connectivity index (χ2v) is 9.15. The first-order valence-electron chi connectivity index (χ1n) is 11.9. The van der Waals surface area contributed by atoms with Crippen molar-refractivity contribution >= 4 is 23.2 Å². The molecular weight excluding hydrogens is 419 g/mol. The van der Waals surface area contributed by atoms with Crippen molar-refractivity contribution < 1.29 is 14.0 Å². The number of hydrogen-bond acceptors (Lipinski definition) is 4. The van der Waals surface area contributed by atoms with Gasteiger partial charge in [-0.3, -0.25) is 14.5 Å². The smallest absolute Gasteiger partial charge is 0.313 e. The molecule has 7 heteroatoms. The first kappa shape index (κ1) is 23.2. The average molecular weight is 453 g/mol. The number of hydrogen-bond donors (Lipinski definition) is 2. The molecule has 6 nitrogen and oxygen atoms in total. The Bertz CT molecular complexity index is 1020. The highest BCUT2D eigenvalue weighted by Gasteiger charge is 2.26. The Kier molecular flexibility index (Phi) is 7.28. The van der Waals surface area contributed by atoms with Gasteiger partial charge in [-0.1, -0.05) is 24.6 Å². The van der Waals surface area contributed by atoms with Crippen LogP contribution in [0.4, 0.5) is 15.8 Å². The molecule has 2 aromatic carbocycles. The zero-order valence-electron chi connectivity index (χ0n) is 19.5. The second kappa shape index (κ2) is 10.3. The Balaban J connectivity index is 1.46. The van der Waals surface area contributed by atoms with Crippen molar-refractivity contribution in [3.8, 4) is 0 Å². The number of likely N-dealkylation sites (tertiary alicyclic amines) is 1. The number of fused-ring (bicyclic) bond motifs is 1. The molecule has 33 heavy (non-hydrogen) atoms. The third-order valence-corrected chi connectivity index (χ3v) is 6.76. The summed E-state index contributed by atoms with van der Waals surface area (Å²) in [5.74, 6) is -1.92. The van der Waals surface area contributed by atoms with E-state index in [0.29, 0.717) is 12.1 Å². The van der Waals surface area contributed by atoms with Crippen LogP contribution in [0, 0.1) is 12.7 Å². The van der Waals surface area contributed by atoms with Crippen LogP contribution in [0.1, 0.15) is 48.4 Å². The fourth-order valence-corrected chi connectivity index (χ4v) is 4.83. The maximum atomic E-state index is 13.8. The Morgan fingerprint density at radius 2 is 1.79 bits per heavy atom. The van der Waals surface area contributed by atoms with Gasteiger partial charge in [0.2, 0.25) is 0 Å². The number of benzene rings is 2. The molecule has 2 heterocycles. The van der Waals surface area contributed by atoms with E-state index >= 15 is 0 Å². The van der Waals surface area contributed by atoms with Crippen LogP contribution in [0.3, 0.4) is 0 Å². The van der Waals surface area contributed by atoms with Crippen LogP contribution in [0.15, 0.2) is 36.4 Å². The maximum Gasteiger partial charge on any atom is 0.313 e. The van der Waals surface area contributed by atoms with Gasteiger partial charge in [0.1, 0.15) is 5.82 Å². The maximum absolute atomic E-state index is 13.8. The third-order valence-electron chi connectivity index (χ3n) is 6.76. The first-order chi connectivity index (χ1) is 15.9. The Morgan fingerprint density at radius 3 is 2.55 bits per heavy atom. The molecule has 0 aromatic heterocycles. The van der Waals surface area contributed by atoms with E-state index in [4.69, 9.17) is 0 Å². The van der Waals surface area contributed by atoms with Crippen molar-refractivity contribution in [2.24, 2.45) is 0 Å². The molecule has 0 unspecified atom stereocenters. The number of halogens is 1. The van der Waals surface area contributed by atoms with Crippen LogP contribution in [0.25, 0.3) is 0 Å². The number of rotatable bonds is 5. The molecule has 0 bridgehead atoms. The Hall–Kier alpha value is -2.93. The van der Waals surface area contributed by atoms with Crippen molar-refractivity contribution in [3.63, 3.8) is 0 Å². The normalized spacial score (nSPS) is 17.2. The molecule has 2 N–H and O–H groups in total. The average Bonchev–Trinajstić information content (AvgIpc) is 2.82. The number of carbonyl (C=O) groups excluding carboxylic acids is 2. The van der Waals surface area contributed by atoms with E-state index in [1.807, 2.05) is 0 Å². The highest BCUT2D eigenvalue weighted by molar-refractivity contribution is 6.39. The molecular formula is C26H33FN4O2. The number of piperidine rings is 1. The number of nitrogens with one attached hydrogen (secondary N) is 2. The van der Waals surface area contributed by atoms with Crippen molar-refractivity contribution in [1.82, 2.24) is 10.2 Å². The molecule has 2 aliphatic heterocycles. The number of carbonyl (C=O) groups is 2. The minimum atomic E-state index is -0.789. The standard InChI is InChI=1S/C26H33FN4O2/c1-18-8-10-21(16-22(18)27)29-26(33)25(32)28-17-24(31-13-4-3-5-14-31)20-9-11-23-19(15-20)7-6-12-30(23)2/h8-11,15-16,24H,3-7,12-14,17H2,1-2H3,(H,28,32)(H,29,33)/t24-/m0/s1. The summed E-state index contributed by atoms with van der Waals surface area (Å²) in [6, 6.07) is 11.0. The number of amides is 2. The van der Waals surface area contributed by atoms with Crippen LogP contribution in [-0.2, 0) is 16.0 Å². The summed E-state index contributed by atoms with van der Waals surface area (Å²) in [6.45, 7) is 5.02. The van der Waals surface area contributed by atoms with Crippen LogP contribution in [0.2, 0.25) is 0 Å². The lowest BCUT2D eigenvalue weighted by Gasteiger charge is -2.36. The van der Waals surface area contributed by atoms with E-state index in [1.165, 1.54) is 29.3 Å². The quantitative estimate of drug-likeness (QED) is 0.678. The van der Waals surface area contributed by atoms with Crippen LogP contribution < -0.4 is 15.5 Å². The zero-order chi connectivity index (χ0) is 23.4. The van der Waals surface area contributed by atoms with E-state index in [9.17, 15) is 14.0 Å². The van der Waals surface area contributed by atoms with Gasteiger partial charge >= 0.3 is 11.8 Å². The van der Waals surface area contributed by atoms with Gasteiger partial charge < -0.3 is 15.5 Å². The van der Waals surface area contributed by atoms with Gasteiger partial charge in [-0.25, -0.2) is 4.39 Å². The molecule has 2 amide bonds. The largest absolute Gasteiger partial charge is 0.374 e. The molecule has 176 valence electrons. The lowest BCUT2D eigenvalue weighted by atomic mass is 9.95. The predicted molar refractivity (Wildman–Crippen MR) is 129 cm³/mol. The lowest BCUT2D eigenvalue weighted by molar-refractivity contribution is -0.136.